The van der Waals surface area contributed by atoms with Crippen LogP contribution in [0.4, 0.5) is 0 Å². The van der Waals surface area contributed by atoms with Gasteiger partial charge in [0.05, 0.1) is 22.1 Å². The molecule has 0 atom stereocenters. The highest BCUT2D eigenvalue weighted by atomic mass is 16.3. The minimum absolute atomic E-state index is 0.626. The smallest absolute Gasteiger partial charge is 0.164 e. The van der Waals surface area contributed by atoms with E-state index < -0.39 is 0 Å². The van der Waals surface area contributed by atoms with E-state index in [9.17, 15) is 0 Å². The quantitative estimate of drug-likeness (QED) is 0.198. The van der Waals surface area contributed by atoms with E-state index in [2.05, 4.69) is 89.5 Å². The first-order valence-electron chi connectivity index (χ1n) is 16.0. The Morgan fingerprint density at radius 3 is 1.79 bits per heavy atom. The van der Waals surface area contributed by atoms with E-state index in [-0.39, 0.29) is 0 Å². The molecule has 5 heteroatoms. The van der Waals surface area contributed by atoms with Crippen LogP contribution in [-0.2, 0) is 0 Å². The molecule has 10 rings (SSSR count). The summed E-state index contributed by atoms with van der Waals surface area (Å²) in [6.07, 6.45) is 0. The highest BCUT2D eigenvalue weighted by molar-refractivity contribution is 6.24. The average molecular weight is 615 g/mol. The first-order valence-corrected chi connectivity index (χ1v) is 16.0. The second kappa shape index (κ2) is 10.5. The van der Waals surface area contributed by atoms with Crippen molar-refractivity contribution in [2.75, 3.05) is 0 Å². The van der Waals surface area contributed by atoms with Gasteiger partial charge in [0.15, 0.2) is 17.5 Å². The third-order valence-corrected chi connectivity index (χ3v) is 9.24. The van der Waals surface area contributed by atoms with E-state index in [1.807, 2.05) is 72.8 Å². The predicted molar refractivity (Wildman–Crippen MR) is 195 cm³/mol. The summed E-state index contributed by atoms with van der Waals surface area (Å²) in [4.78, 5) is 15.2. The molecule has 5 nitrogen and oxygen atoms in total. The van der Waals surface area contributed by atoms with Gasteiger partial charge in [-0.15, -0.1) is 0 Å². The summed E-state index contributed by atoms with van der Waals surface area (Å²) < 4.78 is 8.94. The van der Waals surface area contributed by atoms with Crippen molar-refractivity contribution in [3.05, 3.63) is 158 Å². The predicted octanol–water partition coefficient (Wildman–Crippen LogP) is 11.0. The summed E-state index contributed by atoms with van der Waals surface area (Å²) in [6, 6.07) is 54.3. The molecule has 0 amide bonds. The van der Waals surface area contributed by atoms with E-state index in [1.165, 1.54) is 0 Å². The normalized spacial score (nSPS) is 11.8. The van der Waals surface area contributed by atoms with Crippen LogP contribution in [0.25, 0.3) is 94.4 Å². The number of rotatable bonds is 4. The fourth-order valence-corrected chi connectivity index (χ4v) is 7.12. The van der Waals surface area contributed by atoms with Gasteiger partial charge in [-0.25, -0.2) is 15.0 Å². The zero-order chi connectivity index (χ0) is 31.6. The van der Waals surface area contributed by atoms with Gasteiger partial charge in [-0.05, 0) is 35.7 Å². The Kier molecular flexibility index (Phi) is 5.81. The van der Waals surface area contributed by atoms with E-state index in [4.69, 9.17) is 19.4 Å². The minimum Gasteiger partial charge on any atom is -0.455 e. The number of furan rings is 1. The van der Waals surface area contributed by atoms with Gasteiger partial charge in [-0.1, -0.05) is 127 Å². The number of para-hydroxylation sites is 2. The first kappa shape index (κ1) is 26.6. The maximum absolute atomic E-state index is 6.57. The number of fused-ring (bicyclic) bond motifs is 8. The number of hydrogen-bond acceptors (Lipinski definition) is 4. The van der Waals surface area contributed by atoms with Crippen LogP contribution >= 0.6 is 0 Å². The molecule has 0 aliphatic rings. The van der Waals surface area contributed by atoms with Crippen LogP contribution < -0.4 is 0 Å². The molecular weight excluding hydrogens is 589 g/mol. The van der Waals surface area contributed by atoms with E-state index in [1.54, 1.807) is 0 Å². The third kappa shape index (κ3) is 4.01. The fourth-order valence-electron chi connectivity index (χ4n) is 7.12. The van der Waals surface area contributed by atoms with Crippen LogP contribution in [0.2, 0.25) is 0 Å². The van der Waals surface area contributed by atoms with Crippen LogP contribution in [0.1, 0.15) is 0 Å². The zero-order valence-corrected chi connectivity index (χ0v) is 25.7. The van der Waals surface area contributed by atoms with Crippen LogP contribution in [-0.4, -0.2) is 19.5 Å². The number of hydrogen-bond donors (Lipinski definition) is 0. The molecule has 0 aliphatic heterocycles. The Bertz CT molecular complexity index is 2770. The number of benzene rings is 7. The highest BCUT2D eigenvalue weighted by Gasteiger charge is 2.21. The van der Waals surface area contributed by atoms with E-state index >= 15 is 0 Å². The summed E-state index contributed by atoms with van der Waals surface area (Å²) in [5, 5.41) is 6.65. The van der Waals surface area contributed by atoms with Gasteiger partial charge in [0.2, 0.25) is 0 Å². The molecule has 48 heavy (non-hydrogen) atoms. The van der Waals surface area contributed by atoms with Crippen molar-refractivity contribution in [3.63, 3.8) is 0 Å². The van der Waals surface area contributed by atoms with Crippen molar-refractivity contribution in [3.8, 4) is 39.9 Å². The first-order chi connectivity index (χ1) is 23.8. The lowest BCUT2D eigenvalue weighted by atomic mass is 10.0. The molecule has 0 fully saturated rings. The molecule has 224 valence electrons. The molecule has 0 N–H and O–H groups in total. The van der Waals surface area contributed by atoms with Crippen LogP contribution in [0.15, 0.2) is 162 Å². The molecule has 0 spiro atoms. The largest absolute Gasteiger partial charge is 0.455 e. The van der Waals surface area contributed by atoms with E-state index in [0.29, 0.717) is 17.5 Å². The number of nitrogens with zero attached hydrogens (tertiary/aromatic N) is 4. The Hall–Kier alpha value is -6.59. The van der Waals surface area contributed by atoms with Gasteiger partial charge in [0.1, 0.15) is 11.2 Å². The summed E-state index contributed by atoms with van der Waals surface area (Å²) >= 11 is 0. The lowest BCUT2D eigenvalue weighted by Crippen LogP contribution is -2.02. The maximum atomic E-state index is 6.57. The topological polar surface area (TPSA) is 56.7 Å². The van der Waals surface area contributed by atoms with Gasteiger partial charge < -0.3 is 8.98 Å². The standard InChI is InChI=1S/C43H26N4O/c1-3-13-28(14-4-1)41-44-42(29-15-5-2-6-16-29)46-43(45-41)33-21-11-17-27-18-12-23-35(38(27)33)47-34-22-9-7-20-32(34)39-36(47)26-25-31-30-19-8-10-24-37(30)48-40(31)39/h1-26H. The lowest BCUT2D eigenvalue weighted by Gasteiger charge is -2.15. The van der Waals surface area contributed by atoms with Crippen LogP contribution in [0.5, 0.6) is 0 Å². The maximum Gasteiger partial charge on any atom is 0.164 e. The SMILES string of the molecule is c1ccc(-c2nc(-c3ccccc3)nc(-c3cccc4cccc(-n5c6ccccc6c6c7oc8ccccc8c7ccc65)c34)n2)cc1. The lowest BCUT2D eigenvalue weighted by molar-refractivity contribution is 0.673. The van der Waals surface area contributed by atoms with Crippen LogP contribution in [0.3, 0.4) is 0 Å². The molecule has 0 aliphatic carbocycles. The Balaban J connectivity index is 1.29. The van der Waals surface area contributed by atoms with Crippen molar-refractivity contribution in [2.24, 2.45) is 0 Å². The van der Waals surface area contributed by atoms with Crippen molar-refractivity contribution in [1.29, 1.82) is 0 Å². The molecule has 0 unspecified atom stereocenters. The van der Waals surface area contributed by atoms with Crippen molar-refractivity contribution in [2.45, 2.75) is 0 Å². The van der Waals surface area contributed by atoms with Gasteiger partial charge in [-0.2, -0.15) is 0 Å². The second-order valence-electron chi connectivity index (χ2n) is 12.0. The summed E-state index contributed by atoms with van der Waals surface area (Å²) in [6.45, 7) is 0. The Morgan fingerprint density at radius 1 is 0.417 bits per heavy atom. The molecule has 3 heterocycles. The van der Waals surface area contributed by atoms with Crippen LogP contribution in [0, 0.1) is 0 Å². The molecule has 10 aromatic rings. The monoisotopic (exact) mass is 614 g/mol. The van der Waals surface area contributed by atoms with Gasteiger partial charge in [0.25, 0.3) is 0 Å². The second-order valence-corrected chi connectivity index (χ2v) is 12.0. The minimum atomic E-state index is 0.626. The fraction of sp³-hybridized carbons (Fsp3) is 0. The van der Waals surface area contributed by atoms with Gasteiger partial charge in [0, 0.05) is 38.2 Å². The molecule has 3 aromatic heterocycles. The summed E-state index contributed by atoms with van der Waals surface area (Å²) in [7, 11) is 0. The Morgan fingerprint density at radius 2 is 1.04 bits per heavy atom. The molecule has 0 saturated carbocycles. The highest BCUT2D eigenvalue weighted by Crippen LogP contribution is 2.42. The van der Waals surface area contributed by atoms with E-state index in [0.717, 1.165) is 76.9 Å². The molecule has 0 bridgehead atoms. The summed E-state index contributed by atoms with van der Waals surface area (Å²) in [5.74, 6) is 1.90. The molecule has 0 saturated heterocycles. The Labute approximate surface area is 275 Å². The number of aromatic nitrogens is 4. The van der Waals surface area contributed by atoms with Crippen molar-refractivity contribution in [1.82, 2.24) is 19.5 Å². The van der Waals surface area contributed by atoms with Gasteiger partial charge in [-0.3, -0.25) is 0 Å². The molecular formula is C43H26N4O. The summed E-state index contributed by atoms with van der Waals surface area (Å²) in [5.41, 5.74) is 7.85. The molecule has 7 aromatic carbocycles. The molecule has 0 radical (unpaired) electrons. The van der Waals surface area contributed by atoms with Crippen molar-refractivity contribution >= 4 is 54.5 Å². The zero-order valence-electron chi connectivity index (χ0n) is 25.7. The van der Waals surface area contributed by atoms with Gasteiger partial charge >= 0.3 is 0 Å². The average Bonchev–Trinajstić information content (AvgIpc) is 3.71. The van der Waals surface area contributed by atoms with Crippen molar-refractivity contribution < 1.29 is 4.42 Å². The third-order valence-electron chi connectivity index (χ3n) is 9.24.